The van der Waals surface area contributed by atoms with Gasteiger partial charge in [0.05, 0.1) is 6.61 Å². The van der Waals surface area contributed by atoms with Crippen molar-refractivity contribution in [2.24, 2.45) is 5.92 Å². The SMILES string of the molecule is CCOc1ncccc1C(=O)OC(C)C(=O)N1CCC(Cc2ccccc2)CC1. The maximum absolute atomic E-state index is 12.7. The zero-order valence-electron chi connectivity index (χ0n) is 17.0. The molecule has 1 aromatic carbocycles. The van der Waals surface area contributed by atoms with E-state index in [4.69, 9.17) is 9.47 Å². The highest BCUT2D eigenvalue weighted by atomic mass is 16.6. The summed E-state index contributed by atoms with van der Waals surface area (Å²) in [5, 5.41) is 0. The van der Waals surface area contributed by atoms with Gasteiger partial charge < -0.3 is 14.4 Å². The van der Waals surface area contributed by atoms with Gasteiger partial charge in [-0.2, -0.15) is 0 Å². The Balaban J connectivity index is 1.51. The summed E-state index contributed by atoms with van der Waals surface area (Å²) in [6.45, 7) is 5.21. The summed E-state index contributed by atoms with van der Waals surface area (Å²) in [5.41, 5.74) is 1.57. The topological polar surface area (TPSA) is 68.7 Å². The number of nitrogens with zero attached hydrogens (tertiary/aromatic N) is 2. The number of esters is 1. The van der Waals surface area contributed by atoms with Gasteiger partial charge in [0.1, 0.15) is 5.56 Å². The summed E-state index contributed by atoms with van der Waals surface area (Å²) in [6.07, 6.45) is 3.66. The molecule has 1 aliphatic rings. The number of rotatable bonds is 7. The lowest BCUT2D eigenvalue weighted by atomic mass is 9.90. The maximum atomic E-state index is 12.7. The molecule has 1 aromatic heterocycles. The number of likely N-dealkylation sites (tertiary alicyclic amines) is 1. The maximum Gasteiger partial charge on any atom is 0.344 e. The number of hydrogen-bond acceptors (Lipinski definition) is 5. The Labute approximate surface area is 171 Å². The normalized spacial score (nSPS) is 15.6. The van der Waals surface area contributed by atoms with E-state index >= 15 is 0 Å². The fourth-order valence-corrected chi connectivity index (χ4v) is 3.63. The van der Waals surface area contributed by atoms with Crippen molar-refractivity contribution in [1.82, 2.24) is 9.88 Å². The Morgan fingerprint density at radius 2 is 1.86 bits per heavy atom. The largest absolute Gasteiger partial charge is 0.477 e. The average molecular weight is 396 g/mol. The molecular weight excluding hydrogens is 368 g/mol. The third-order valence-electron chi connectivity index (χ3n) is 5.20. The van der Waals surface area contributed by atoms with Gasteiger partial charge in [0, 0.05) is 19.3 Å². The van der Waals surface area contributed by atoms with Crippen LogP contribution in [0, 0.1) is 5.92 Å². The molecule has 154 valence electrons. The number of benzene rings is 1. The zero-order valence-corrected chi connectivity index (χ0v) is 17.0. The number of pyridine rings is 1. The Bertz CT molecular complexity index is 817. The molecule has 2 heterocycles. The van der Waals surface area contributed by atoms with Crippen LogP contribution in [0.25, 0.3) is 0 Å². The van der Waals surface area contributed by atoms with E-state index in [1.54, 1.807) is 30.2 Å². The molecule has 6 heteroatoms. The van der Waals surface area contributed by atoms with Gasteiger partial charge in [0.2, 0.25) is 5.88 Å². The predicted molar refractivity (Wildman–Crippen MR) is 110 cm³/mol. The lowest BCUT2D eigenvalue weighted by Crippen LogP contribution is -2.44. The van der Waals surface area contributed by atoms with Crippen LogP contribution in [0.1, 0.15) is 42.6 Å². The van der Waals surface area contributed by atoms with Crippen LogP contribution in [0.15, 0.2) is 48.7 Å². The van der Waals surface area contributed by atoms with Crippen molar-refractivity contribution >= 4 is 11.9 Å². The molecule has 1 aliphatic heterocycles. The summed E-state index contributed by atoms with van der Waals surface area (Å²) in [6, 6.07) is 13.7. The highest BCUT2D eigenvalue weighted by Crippen LogP contribution is 2.23. The molecule has 1 unspecified atom stereocenters. The van der Waals surface area contributed by atoms with E-state index in [0.29, 0.717) is 25.6 Å². The quantitative estimate of drug-likeness (QED) is 0.670. The van der Waals surface area contributed by atoms with E-state index in [0.717, 1.165) is 19.3 Å². The first-order valence-electron chi connectivity index (χ1n) is 10.2. The van der Waals surface area contributed by atoms with Crippen LogP contribution in [0.4, 0.5) is 0 Å². The number of aromatic nitrogens is 1. The van der Waals surface area contributed by atoms with Crippen LogP contribution in [0.5, 0.6) is 5.88 Å². The lowest BCUT2D eigenvalue weighted by Gasteiger charge is -2.33. The van der Waals surface area contributed by atoms with Crippen molar-refractivity contribution in [1.29, 1.82) is 0 Å². The van der Waals surface area contributed by atoms with Gasteiger partial charge in [-0.25, -0.2) is 9.78 Å². The van der Waals surface area contributed by atoms with Crippen molar-refractivity contribution < 1.29 is 19.1 Å². The van der Waals surface area contributed by atoms with Crippen molar-refractivity contribution in [2.45, 2.75) is 39.2 Å². The molecule has 29 heavy (non-hydrogen) atoms. The monoisotopic (exact) mass is 396 g/mol. The van der Waals surface area contributed by atoms with Gasteiger partial charge in [-0.1, -0.05) is 30.3 Å². The Morgan fingerprint density at radius 1 is 1.14 bits per heavy atom. The highest BCUT2D eigenvalue weighted by molar-refractivity contribution is 5.94. The number of carbonyl (C=O) groups excluding carboxylic acids is 2. The van der Waals surface area contributed by atoms with Crippen LogP contribution in [-0.2, 0) is 16.0 Å². The Morgan fingerprint density at radius 3 is 2.55 bits per heavy atom. The Kier molecular flexibility index (Phi) is 7.22. The van der Waals surface area contributed by atoms with Crippen molar-refractivity contribution in [3.05, 3.63) is 59.8 Å². The molecule has 1 saturated heterocycles. The van der Waals surface area contributed by atoms with E-state index in [2.05, 4.69) is 29.2 Å². The van der Waals surface area contributed by atoms with E-state index in [-0.39, 0.29) is 17.4 Å². The molecule has 1 fully saturated rings. The summed E-state index contributed by atoms with van der Waals surface area (Å²) in [4.78, 5) is 31.1. The molecule has 0 radical (unpaired) electrons. The number of carbonyl (C=O) groups is 2. The second-order valence-corrected chi connectivity index (χ2v) is 7.30. The van der Waals surface area contributed by atoms with E-state index in [1.807, 2.05) is 13.0 Å². The summed E-state index contributed by atoms with van der Waals surface area (Å²) < 4.78 is 10.8. The second-order valence-electron chi connectivity index (χ2n) is 7.30. The number of piperidine rings is 1. The third-order valence-corrected chi connectivity index (χ3v) is 5.20. The lowest BCUT2D eigenvalue weighted by molar-refractivity contribution is -0.141. The van der Waals surface area contributed by atoms with Crippen LogP contribution < -0.4 is 4.74 Å². The van der Waals surface area contributed by atoms with Gasteiger partial charge in [-0.05, 0) is 56.7 Å². The standard InChI is InChI=1S/C23H28N2O4/c1-3-28-21-20(10-7-13-24-21)23(27)29-17(2)22(26)25-14-11-19(12-15-25)16-18-8-5-4-6-9-18/h4-10,13,17,19H,3,11-12,14-16H2,1-2H3. The number of amides is 1. The smallest absolute Gasteiger partial charge is 0.344 e. The molecular formula is C23H28N2O4. The van der Waals surface area contributed by atoms with Gasteiger partial charge in [0.15, 0.2) is 6.10 Å². The van der Waals surface area contributed by atoms with Gasteiger partial charge in [-0.15, -0.1) is 0 Å². The second kappa shape index (κ2) is 10.0. The number of hydrogen-bond donors (Lipinski definition) is 0. The molecule has 0 saturated carbocycles. The first-order chi connectivity index (χ1) is 14.1. The molecule has 3 rings (SSSR count). The first kappa shape index (κ1) is 20.8. The summed E-state index contributed by atoms with van der Waals surface area (Å²) in [7, 11) is 0. The Hall–Kier alpha value is -2.89. The molecule has 0 spiro atoms. The van der Waals surface area contributed by atoms with Gasteiger partial charge in [-0.3, -0.25) is 4.79 Å². The van der Waals surface area contributed by atoms with Crippen molar-refractivity contribution in [3.8, 4) is 5.88 Å². The molecule has 6 nitrogen and oxygen atoms in total. The molecule has 2 aromatic rings. The molecule has 0 bridgehead atoms. The highest BCUT2D eigenvalue weighted by Gasteiger charge is 2.29. The van der Waals surface area contributed by atoms with Crippen LogP contribution >= 0.6 is 0 Å². The van der Waals surface area contributed by atoms with Crippen molar-refractivity contribution in [3.63, 3.8) is 0 Å². The summed E-state index contributed by atoms with van der Waals surface area (Å²) >= 11 is 0. The van der Waals surface area contributed by atoms with Crippen LogP contribution in [0.2, 0.25) is 0 Å². The predicted octanol–water partition coefficient (Wildman–Crippen LogP) is 3.51. The minimum atomic E-state index is -0.845. The van der Waals surface area contributed by atoms with E-state index in [9.17, 15) is 9.59 Å². The third kappa shape index (κ3) is 5.56. The molecule has 1 atom stereocenters. The summed E-state index contributed by atoms with van der Waals surface area (Å²) in [5.74, 6) is 0.0459. The molecule has 1 amide bonds. The van der Waals surface area contributed by atoms with Gasteiger partial charge >= 0.3 is 5.97 Å². The minimum absolute atomic E-state index is 0.154. The van der Waals surface area contributed by atoms with E-state index in [1.165, 1.54) is 5.56 Å². The fourth-order valence-electron chi connectivity index (χ4n) is 3.63. The average Bonchev–Trinajstić information content (AvgIpc) is 2.75. The number of ether oxygens (including phenoxy) is 2. The van der Waals surface area contributed by atoms with Crippen LogP contribution in [-0.4, -0.2) is 47.6 Å². The zero-order chi connectivity index (χ0) is 20.6. The molecule has 0 aliphatic carbocycles. The minimum Gasteiger partial charge on any atom is -0.477 e. The van der Waals surface area contributed by atoms with E-state index < -0.39 is 12.1 Å². The first-order valence-corrected chi connectivity index (χ1v) is 10.2. The van der Waals surface area contributed by atoms with Gasteiger partial charge in [0.25, 0.3) is 5.91 Å². The van der Waals surface area contributed by atoms with Crippen molar-refractivity contribution in [2.75, 3.05) is 19.7 Å². The fraction of sp³-hybridized carbons (Fsp3) is 0.435. The van der Waals surface area contributed by atoms with Crippen LogP contribution in [0.3, 0.4) is 0 Å². The molecule has 0 N–H and O–H groups in total.